The first-order valence-electron chi connectivity index (χ1n) is 9.80. The van der Waals surface area contributed by atoms with Crippen molar-refractivity contribution in [3.05, 3.63) is 84.4 Å². The summed E-state index contributed by atoms with van der Waals surface area (Å²) in [6.45, 7) is 0. The molecular weight excluding hydrogens is 500 g/mol. The van der Waals surface area contributed by atoms with Crippen LogP contribution in [0.25, 0.3) is 15.9 Å². The Balaban J connectivity index is 1.66. The van der Waals surface area contributed by atoms with Gasteiger partial charge in [-0.3, -0.25) is 9.36 Å². The minimum atomic E-state index is 0.0264. The number of aromatic nitrogens is 2. The van der Waals surface area contributed by atoms with Gasteiger partial charge in [0.15, 0.2) is 5.16 Å². The Bertz CT molecular complexity index is 1300. The third-order valence-corrected chi connectivity index (χ3v) is 8.24. The quantitative estimate of drug-likeness (QED) is 0.215. The Morgan fingerprint density at radius 2 is 1.93 bits per heavy atom. The van der Waals surface area contributed by atoms with Crippen LogP contribution in [0.2, 0.25) is 5.02 Å². The molecule has 0 aliphatic heterocycles. The van der Waals surface area contributed by atoms with Crippen LogP contribution in [0.15, 0.2) is 63.0 Å². The minimum absolute atomic E-state index is 0.0264. The number of fused-ring (bicyclic) bond motifs is 3. The van der Waals surface area contributed by atoms with Crippen LogP contribution in [0.5, 0.6) is 0 Å². The zero-order valence-electron chi connectivity index (χ0n) is 16.0. The van der Waals surface area contributed by atoms with E-state index in [1.165, 1.54) is 22.4 Å². The molecule has 3 nitrogen and oxygen atoms in total. The molecular formula is C23H18BrClN2OS2. The molecule has 2 heterocycles. The second-order valence-corrected chi connectivity index (χ2v) is 10.7. The fraction of sp³-hybridized carbons (Fsp3) is 0.217. The van der Waals surface area contributed by atoms with Crippen molar-refractivity contribution in [3.63, 3.8) is 0 Å². The van der Waals surface area contributed by atoms with Gasteiger partial charge in [-0.2, -0.15) is 0 Å². The first kappa shape index (κ1) is 20.3. The summed E-state index contributed by atoms with van der Waals surface area (Å²) in [5.41, 5.74) is 3.21. The Morgan fingerprint density at radius 1 is 1.13 bits per heavy atom. The van der Waals surface area contributed by atoms with E-state index in [9.17, 15) is 4.79 Å². The van der Waals surface area contributed by atoms with Crippen LogP contribution in [-0.2, 0) is 18.6 Å². The van der Waals surface area contributed by atoms with E-state index < -0.39 is 0 Å². The van der Waals surface area contributed by atoms with E-state index in [1.54, 1.807) is 27.7 Å². The lowest BCUT2D eigenvalue weighted by Crippen LogP contribution is -2.22. The van der Waals surface area contributed by atoms with Crippen molar-refractivity contribution in [1.29, 1.82) is 0 Å². The van der Waals surface area contributed by atoms with Gasteiger partial charge in [0, 0.05) is 20.1 Å². The summed E-state index contributed by atoms with van der Waals surface area (Å²) >= 11 is 12.9. The highest BCUT2D eigenvalue weighted by atomic mass is 79.9. The van der Waals surface area contributed by atoms with Gasteiger partial charge in [-0.15, -0.1) is 11.3 Å². The van der Waals surface area contributed by atoms with Gasteiger partial charge in [0.25, 0.3) is 5.56 Å². The van der Waals surface area contributed by atoms with Crippen molar-refractivity contribution in [2.75, 3.05) is 0 Å². The molecule has 0 radical (unpaired) electrons. The topological polar surface area (TPSA) is 34.9 Å². The number of nitrogens with zero attached hydrogens (tertiary/aromatic N) is 2. The number of benzene rings is 2. The molecule has 2 aromatic heterocycles. The molecule has 0 atom stereocenters. The highest BCUT2D eigenvalue weighted by molar-refractivity contribution is 9.10. The molecule has 0 unspecified atom stereocenters. The summed E-state index contributed by atoms with van der Waals surface area (Å²) in [6.07, 6.45) is 4.35. The van der Waals surface area contributed by atoms with Gasteiger partial charge in [0.2, 0.25) is 0 Å². The molecule has 2 aromatic carbocycles. The van der Waals surface area contributed by atoms with E-state index in [-0.39, 0.29) is 5.56 Å². The van der Waals surface area contributed by atoms with E-state index >= 15 is 0 Å². The zero-order chi connectivity index (χ0) is 20.7. The highest BCUT2D eigenvalue weighted by Crippen LogP contribution is 2.35. The lowest BCUT2D eigenvalue weighted by Gasteiger charge is -2.14. The maximum atomic E-state index is 13.7. The van der Waals surface area contributed by atoms with Crippen molar-refractivity contribution in [1.82, 2.24) is 9.55 Å². The van der Waals surface area contributed by atoms with E-state index in [4.69, 9.17) is 16.6 Å². The first-order valence-corrected chi connectivity index (χ1v) is 12.8. The van der Waals surface area contributed by atoms with E-state index in [0.29, 0.717) is 10.2 Å². The molecule has 7 heteroatoms. The van der Waals surface area contributed by atoms with E-state index in [0.717, 1.165) is 45.4 Å². The van der Waals surface area contributed by atoms with Crippen molar-refractivity contribution in [3.8, 4) is 5.69 Å². The SMILES string of the molecule is O=c1c2c3c(sc2nc(SCc2cccc(Br)c2)n1-c1ccc(Cl)cc1)CCCC3. The molecule has 30 heavy (non-hydrogen) atoms. The highest BCUT2D eigenvalue weighted by Gasteiger charge is 2.23. The van der Waals surface area contributed by atoms with Gasteiger partial charge >= 0.3 is 0 Å². The Morgan fingerprint density at radius 3 is 2.73 bits per heavy atom. The molecule has 0 bridgehead atoms. The van der Waals surface area contributed by atoms with Crippen LogP contribution in [-0.4, -0.2) is 9.55 Å². The largest absolute Gasteiger partial charge is 0.268 e. The maximum absolute atomic E-state index is 13.7. The fourth-order valence-electron chi connectivity index (χ4n) is 3.88. The number of thiophene rings is 1. The Labute approximate surface area is 196 Å². The third-order valence-electron chi connectivity index (χ3n) is 5.30. The Hall–Kier alpha value is -1.60. The number of aryl methyl sites for hydroxylation is 2. The molecule has 0 N–H and O–H groups in total. The van der Waals surface area contributed by atoms with Crippen LogP contribution in [0.1, 0.15) is 28.8 Å². The molecule has 1 aliphatic carbocycles. The summed E-state index contributed by atoms with van der Waals surface area (Å²) in [5.74, 6) is 0.732. The minimum Gasteiger partial charge on any atom is -0.268 e. The molecule has 5 rings (SSSR count). The maximum Gasteiger partial charge on any atom is 0.267 e. The average Bonchev–Trinajstić information content (AvgIpc) is 3.12. The summed E-state index contributed by atoms with van der Waals surface area (Å²) in [5, 5.41) is 2.17. The van der Waals surface area contributed by atoms with Crippen LogP contribution in [0.3, 0.4) is 0 Å². The van der Waals surface area contributed by atoms with Crippen LogP contribution >= 0.6 is 50.6 Å². The van der Waals surface area contributed by atoms with Crippen molar-refractivity contribution >= 4 is 60.8 Å². The summed E-state index contributed by atoms with van der Waals surface area (Å²) in [6, 6.07) is 15.6. The van der Waals surface area contributed by atoms with Crippen LogP contribution in [0, 0.1) is 0 Å². The standard InChI is InChI=1S/C23H18BrClN2OS2/c24-15-5-3-4-14(12-15)13-29-23-26-21-20(18-6-1-2-7-19(18)30-21)22(28)27(23)17-10-8-16(25)9-11-17/h3-5,8-12H,1-2,6-7,13H2. The second kappa shape index (κ2) is 8.50. The molecule has 4 aromatic rings. The summed E-state index contributed by atoms with van der Waals surface area (Å²) in [7, 11) is 0. The number of hydrogen-bond acceptors (Lipinski definition) is 4. The molecule has 0 spiro atoms. The predicted molar refractivity (Wildman–Crippen MR) is 131 cm³/mol. The van der Waals surface area contributed by atoms with Crippen molar-refractivity contribution < 1.29 is 0 Å². The van der Waals surface area contributed by atoms with E-state index in [1.807, 2.05) is 36.4 Å². The normalized spacial score (nSPS) is 13.5. The molecule has 1 aliphatic rings. The lowest BCUT2D eigenvalue weighted by atomic mass is 9.97. The number of hydrogen-bond donors (Lipinski definition) is 0. The zero-order valence-corrected chi connectivity index (χ0v) is 20.0. The van der Waals surface area contributed by atoms with Crippen molar-refractivity contribution in [2.45, 2.75) is 36.6 Å². The average molecular weight is 518 g/mol. The number of rotatable bonds is 4. The monoisotopic (exact) mass is 516 g/mol. The molecule has 0 saturated heterocycles. The summed E-state index contributed by atoms with van der Waals surface area (Å²) in [4.78, 5) is 20.9. The van der Waals surface area contributed by atoms with Gasteiger partial charge in [0.1, 0.15) is 4.83 Å². The predicted octanol–water partition coefficient (Wildman–Crippen LogP) is 7.03. The molecule has 0 saturated carbocycles. The van der Waals surface area contributed by atoms with Crippen LogP contribution < -0.4 is 5.56 Å². The number of thioether (sulfide) groups is 1. The lowest BCUT2D eigenvalue weighted by molar-refractivity contribution is 0.699. The van der Waals surface area contributed by atoms with Crippen LogP contribution in [0.4, 0.5) is 0 Å². The molecule has 152 valence electrons. The first-order chi connectivity index (χ1) is 14.6. The van der Waals surface area contributed by atoms with E-state index in [2.05, 4.69) is 28.1 Å². The Kier molecular flexibility index (Phi) is 5.75. The third kappa shape index (κ3) is 3.86. The van der Waals surface area contributed by atoms with Gasteiger partial charge in [-0.1, -0.05) is 51.4 Å². The van der Waals surface area contributed by atoms with Gasteiger partial charge in [0.05, 0.1) is 11.1 Å². The van der Waals surface area contributed by atoms with Gasteiger partial charge in [-0.25, -0.2) is 4.98 Å². The number of halogens is 2. The van der Waals surface area contributed by atoms with Crippen molar-refractivity contribution in [2.24, 2.45) is 0 Å². The fourth-order valence-corrected chi connectivity index (χ4v) is 6.71. The molecule has 0 amide bonds. The van der Waals surface area contributed by atoms with Gasteiger partial charge < -0.3 is 0 Å². The molecule has 0 fully saturated rings. The van der Waals surface area contributed by atoms with Gasteiger partial charge in [-0.05, 0) is 73.2 Å². The smallest absolute Gasteiger partial charge is 0.267 e. The summed E-state index contributed by atoms with van der Waals surface area (Å²) < 4.78 is 2.80. The second-order valence-electron chi connectivity index (χ2n) is 7.32.